The molecule has 0 bridgehead atoms. The van der Waals surface area contributed by atoms with Crippen LogP contribution in [0.25, 0.3) is 0 Å². The molecule has 0 aromatic carbocycles. The van der Waals surface area contributed by atoms with Crippen LogP contribution in [0.4, 0.5) is 0 Å². The van der Waals surface area contributed by atoms with Crippen LogP contribution in [0.1, 0.15) is 32.1 Å². The number of hydrogen-bond acceptors (Lipinski definition) is 4. The second kappa shape index (κ2) is 8.87. The van der Waals surface area contributed by atoms with Crippen LogP contribution in [-0.4, -0.2) is 61.3 Å². The fourth-order valence-corrected chi connectivity index (χ4v) is 2.35. The summed E-state index contributed by atoms with van der Waals surface area (Å²) in [7, 11) is 1.56. The number of nitrogens with zero attached hydrogens (tertiary/aromatic N) is 1. The van der Waals surface area contributed by atoms with Crippen LogP contribution in [-0.2, 0) is 14.3 Å². The van der Waals surface area contributed by atoms with Gasteiger partial charge in [0.05, 0.1) is 19.7 Å². The lowest BCUT2D eigenvalue weighted by Gasteiger charge is -2.25. The zero-order valence-corrected chi connectivity index (χ0v) is 11.6. The van der Waals surface area contributed by atoms with Crippen LogP contribution in [0, 0.1) is 0 Å². The van der Waals surface area contributed by atoms with E-state index < -0.39 is 5.97 Å². The van der Waals surface area contributed by atoms with E-state index in [4.69, 9.17) is 9.84 Å². The van der Waals surface area contributed by atoms with Crippen LogP contribution >= 0.6 is 0 Å². The second-order valence-electron chi connectivity index (χ2n) is 5.00. The Balaban J connectivity index is 2.33. The van der Waals surface area contributed by atoms with Crippen molar-refractivity contribution >= 4 is 11.9 Å². The molecule has 6 nitrogen and oxygen atoms in total. The molecule has 0 aromatic rings. The summed E-state index contributed by atoms with van der Waals surface area (Å²) in [6.07, 6.45) is 5.62. The summed E-state index contributed by atoms with van der Waals surface area (Å²) < 4.78 is 4.92. The molecule has 1 rings (SSSR count). The predicted molar refractivity (Wildman–Crippen MR) is 71.0 cm³/mol. The van der Waals surface area contributed by atoms with Crippen LogP contribution in [0.15, 0.2) is 0 Å². The minimum atomic E-state index is -0.929. The molecule has 0 heterocycles. The number of rotatable bonds is 8. The van der Waals surface area contributed by atoms with E-state index in [0.29, 0.717) is 13.2 Å². The van der Waals surface area contributed by atoms with Gasteiger partial charge in [-0.2, -0.15) is 0 Å². The van der Waals surface area contributed by atoms with Gasteiger partial charge in [-0.15, -0.1) is 0 Å². The number of nitrogens with one attached hydrogen (secondary N) is 1. The molecule has 0 radical (unpaired) electrons. The molecule has 0 aromatic heterocycles. The van der Waals surface area contributed by atoms with Gasteiger partial charge in [-0.1, -0.05) is 19.3 Å². The van der Waals surface area contributed by atoms with E-state index in [1.807, 2.05) is 0 Å². The van der Waals surface area contributed by atoms with Crippen molar-refractivity contribution in [3.05, 3.63) is 0 Å². The number of carbonyl (C=O) groups excluding carboxylic acids is 1. The van der Waals surface area contributed by atoms with Crippen molar-refractivity contribution in [3.63, 3.8) is 0 Å². The molecular weight excluding hydrogens is 248 g/mol. The standard InChI is InChI=1S/C13H24N2O4/c1-19-8-7-15(10-13(17)18)9-12(16)14-11-5-3-2-4-6-11/h11H,2-10H2,1H3,(H,14,16)(H,17,18). The lowest BCUT2D eigenvalue weighted by Crippen LogP contribution is -2.45. The SMILES string of the molecule is COCCN(CC(=O)O)CC(=O)NC1CCCCC1. The Morgan fingerprint density at radius 2 is 1.95 bits per heavy atom. The van der Waals surface area contributed by atoms with Crippen LogP contribution in [0.3, 0.4) is 0 Å². The van der Waals surface area contributed by atoms with Crippen LogP contribution in [0.2, 0.25) is 0 Å². The topological polar surface area (TPSA) is 78.9 Å². The zero-order chi connectivity index (χ0) is 14.1. The Kier molecular flexibility index (Phi) is 7.43. The summed E-state index contributed by atoms with van der Waals surface area (Å²) in [5.41, 5.74) is 0. The highest BCUT2D eigenvalue weighted by Gasteiger charge is 2.18. The monoisotopic (exact) mass is 272 g/mol. The average molecular weight is 272 g/mol. The molecule has 0 spiro atoms. The fraction of sp³-hybridized carbons (Fsp3) is 0.846. The smallest absolute Gasteiger partial charge is 0.317 e. The number of amides is 1. The quantitative estimate of drug-likeness (QED) is 0.671. The number of aliphatic carboxylic acids is 1. The summed E-state index contributed by atoms with van der Waals surface area (Å²) in [5, 5.41) is 11.8. The van der Waals surface area contributed by atoms with Crippen molar-refractivity contribution in [2.45, 2.75) is 38.1 Å². The minimum Gasteiger partial charge on any atom is -0.480 e. The molecule has 2 N–H and O–H groups in total. The van der Waals surface area contributed by atoms with Gasteiger partial charge in [-0.3, -0.25) is 14.5 Å². The predicted octanol–water partition coefficient (Wildman–Crippen LogP) is 0.468. The lowest BCUT2D eigenvalue weighted by atomic mass is 9.95. The van der Waals surface area contributed by atoms with Crippen molar-refractivity contribution in [3.8, 4) is 0 Å². The lowest BCUT2D eigenvalue weighted by molar-refractivity contribution is -0.138. The number of hydrogen-bond donors (Lipinski definition) is 2. The summed E-state index contributed by atoms with van der Waals surface area (Å²) >= 11 is 0. The maximum absolute atomic E-state index is 11.9. The van der Waals surface area contributed by atoms with E-state index in [9.17, 15) is 9.59 Å². The molecule has 1 aliphatic carbocycles. The number of methoxy groups -OCH3 is 1. The van der Waals surface area contributed by atoms with Crippen molar-refractivity contribution in [1.82, 2.24) is 10.2 Å². The first-order valence-corrected chi connectivity index (χ1v) is 6.84. The van der Waals surface area contributed by atoms with Gasteiger partial charge >= 0.3 is 5.97 Å². The molecule has 1 amide bonds. The van der Waals surface area contributed by atoms with Crippen molar-refractivity contribution in [2.75, 3.05) is 33.4 Å². The van der Waals surface area contributed by atoms with E-state index in [2.05, 4.69) is 5.32 Å². The molecule has 0 unspecified atom stereocenters. The van der Waals surface area contributed by atoms with E-state index in [-0.39, 0.29) is 25.0 Å². The van der Waals surface area contributed by atoms with Gasteiger partial charge in [0.15, 0.2) is 0 Å². The van der Waals surface area contributed by atoms with Crippen molar-refractivity contribution < 1.29 is 19.4 Å². The Hall–Kier alpha value is -1.14. The third kappa shape index (κ3) is 7.12. The van der Waals surface area contributed by atoms with Gasteiger partial charge in [-0.05, 0) is 12.8 Å². The zero-order valence-electron chi connectivity index (χ0n) is 11.6. The van der Waals surface area contributed by atoms with E-state index >= 15 is 0 Å². The van der Waals surface area contributed by atoms with E-state index in [0.717, 1.165) is 25.7 Å². The normalized spacial score (nSPS) is 16.5. The van der Waals surface area contributed by atoms with Crippen LogP contribution in [0.5, 0.6) is 0 Å². The molecular formula is C13H24N2O4. The third-order valence-corrected chi connectivity index (χ3v) is 3.31. The molecule has 19 heavy (non-hydrogen) atoms. The van der Waals surface area contributed by atoms with Crippen LogP contribution < -0.4 is 5.32 Å². The molecule has 1 saturated carbocycles. The molecule has 0 aliphatic heterocycles. The van der Waals surface area contributed by atoms with Gasteiger partial charge in [0.25, 0.3) is 0 Å². The minimum absolute atomic E-state index is 0.0933. The Labute approximate surface area is 114 Å². The summed E-state index contributed by atoms with van der Waals surface area (Å²) in [4.78, 5) is 24.2. The average Bonchev–Trinajstić information content (AvgIpc) is 2.36. The Bertz CT molecular complexity index is 290. The molecule has 0 atom stereocenters. The first-order chi connectivity index (χ1) is 9.11. The second-order valence-corrected chi connectivity index (χ2v) is 5.00. The molecule has 110 valence electrons. The summed E-state index contributed by atoms with van der Waals surface area (Å²) in [6.45, 7) is 0.846. The van der Waals surface area contributed by atoms with Crippen molar-refractivity contribution in [1.29, 1.82) is 0 Å². The molecule has 1 fully saturated rings. The Morgan fingerprint density at radius 3 is 2.53 bits per heavy atom. The highest BCUT2D eigenvalue weighted by atomic mass is 16.5. The summed E-state index contributed by atoms with van der Waals surface area (Å²) in [5.74, 6) is -1.02. The summed E-state index contributed by atoms with van der Waals surface area (Å²) in [6, 6.07) is 0.260. The van der Waals surface area contributed by atoms with Gasteiger partial charge in [-0.25, -0.2) is 0 Å². The van der Waals surface area contributed by atoms with Gasteiger partial charge < -0.3 is 15.2 Å². The molecule has 0 saturated heterocycles. The fourth-order valence-electron chi connectivity index (χ4n) is 2.35. The molecule has 1 aliphatic rings. The number of ether oxygens (including phenoxy) is 1. The first-order valence-electron chi connectivity index (χ1n) is 6.84. The highest BCUT2D eigenvalue weighted by Crippen LogP contribution is 2.17. The van der Waals surface area contributed by atoms with Gasteiger partial charge in [0.1, 0.15) is 0 Å². The third-order valence-electron chi connectivity index (χ3n) is 3.31. The van der Waals surface area contributed by atoms with Gasteiger partial charge in [0, 0.05) is 19.7 Å². The largest absolute Gasteiger partial charge is 0.480 e. The number of carboxylic acid groups (broad SMARTS) is 1. The van der Waals surface area contributed by atoms with Crippen molar-refractivity contribution in [2.24, 2.45) is 0 Å². The number of carboxylic acids is 1. The van der Waals surface area contributed by atoms with Gasteiger partial charge in [0.2, 0.25) is 5.91 Å². The first kappa shape index (κ1) is 15.9. The van der Waals surface area contributed by atoms with E-state index in [1.165, 1.54) is 6.42 Å². The number of carbonyl (C=O) groups is 2. The highest BCUT2D eigenvalue weighted by molar-refractivity contribution is 5.79. The molecule has 6 heteroatoms. The maximum atomic E-state index is 11.9. The Morgan fingerprint density at radius 1 is 1.26 bits per heavy atom. The van der Waals surface area contributed by atoms with E-state index in [1.54, 1.807) is 12.0 Å². The maximum Gasteiger partial charge on any atom is 0.317 e.